The Hall–Kier alpha value is -1.59. The van der Waals surface area contributed by atoms with Gasteiger partial charge in [-0.3, -0.25) is 9.89 Å². The van der Waals surface area contributed by atoms with Crippen LogP contribution < -0.4 is 0 Å². The highest BCUT2D eigenvalue weighted by molar-refractivity contribution is 6.31. The number of hydrogen-bond donors (Lipinski definition) is 2. The van der Waals surface area contributed by atoms with Gasteiger partial charge >= 0.3 is 0 Å². The molecular weight excluding hydrogens is 338 g/mol. The Kier molecular flexibility index (Phi) is 3.41. The van der Waals surface area contributed by atoms with E-state index in [1.54, 1.807) is 6.20 Å². The first-order valence-corrected chi connectivity index (χ1v) is 9.53. The van der Waals surface area contributed by atoms with Gasteiger partial charge in [0, 0.05) is 29.9 Å². The number of fused-ring (bicyclic) bond motifs is 2. The first kappa shape index (κ1) is 15.6. The molecule has 1 aliphatic heterocycles. The Morgan fingerprint density at radius 2 is 2.04 bits per heavy atom. The molecule has 2 aromatic rings. The molecule has 5 nitrogen and oxygen atoms in total. The van der Waals surface area contributed by atoms with E-state index in [2.05, 4.69) is 10.2 Å². The molecule has 25 heavy (non-hydrogen) atoms. The van der Waals surface area contributed by atoms with Gasteiger partial charge in [-0.1, -0.05) is 11.6 Å². The van der Waals surface area contributed by atoms with Crippen molar-refractivity contribution in [2.45, 2.75) is 37.7 Å². The minimum atomic E-state index is -0.881. The number of aromatic amines is 1. The van der Waals surface area contributed by atoms with Crippen molar-refractivity contribution in [3.8, 4) is 0 Å². The monoisotopic (exact) mass is 359 g/mol. The Labute approximate surface area is 151 Å². The molecule has 2 N–H and O–H groups in total. The molecule has 0 spiro atoms. The second kappa shape index (κ2) is 5.45. The second-order valence-electron chi connectivity index (χ2n) is 8.19. The molecule has 3 atom stereocenters. The minimum absolute atomic E-state index is 0.306. The van der Waals surface area contributed by atoms with Gasteiger partial charge in [-0.2, -0.15) is 5.10 Å². The van der Waals surface area contributed by atoms with Gasteiger partial charge in [0.15, 0.2) is 0 Å². The molecule has 1 saturated heterocycles. The van der Waals surface area contributed by atoms with Crippen molar-refractivity contribution in [1.29, 1.82) is 0 Å². The fraction of sp³-hybridized carbons (Fsp3) is 0.579. The number of likely N-dealkylation sites (tertiary alicyclic amines) is 1. The van der Waals surface area contributed by atoms with Gasteiger partial charge in [0.2, 0.25) is 5.91 Å². The summed E-state index contributed by atoms with van der Waals surface area (Å²) in [6, 6.07) is 3.71. The summed E-state index contributed by atoms with van der Waals surface area (Å²) in [7, 11) is 0. The van der Waals surface area contributed by atoms with E-state index in [1.165, 1.54) is 12.8 Å². The molecule has 0 unspecified atom stereocenters. The molecule has 5 rings (SSSR count). The van der Waals surface area contributed by atoms with Gasteiger partial charge in [0.1, 0.15) is 0 Å². The molecule has 6 heteroatoms. The number of hydrogen-bond acceptors (Lipinski definition) is 3. The van der Waals surface area contributed by atoms with Gasteiger partial charge in [-0.25, -0.2) is 0 Å². The van der Waals surface area contributed by atoms with Crippen molar-refractivity contribution in [1.82, 2.24) is 15.1 Å². The zero-order chi connectivity index (χ0) is 17.2. The van der Waals surface area contributed by atoms with Gasteiger partial charge in [-0.05, 0) is 61.1 Å². The number of rotatable bonds is 3. The van der Waals surface area contributed by atoms with Gasteiger partial charge in [0.05, 0.1) is 17.3 Å². The number of nitrogens with zero attached hydrogens (tertiary/aromatic N) is 2. The number of halogens is 1. The summed E-state index contributed by atoms with van der Waals surface area (Å²) in [5, 5.41) is 20.0. The lowest BCUT2D eigenvalue weighted by Gasteiger charge is -2.27. The summed E-state index contributed by atoms with van der Waals surface area (Å²) >= 11 is 6.25. The van der Waals surface area contributed by atoms with Crippen LogP contribution in [0.1, 0.15) is 37.7 Å². The third kappa shape index (κ3) is 2.64. The summed E-state index contributed by atoms with van der Waals surface area (Å²) in [6.45, 7) is 1.57. The maximum absolute atomic E-state index is 12.4. The first-order valence-electron chi connectivity index (χ1n) is 9.15. The topological polar surface area (TPSA) is 69.2 Å². The van der Waals surface area contributed by atoms with Gasteiger partial charge in [-0.15, -0.1) is 0 Å². The van der Waals surface area contributed by atoms with Crippen LogP contribution >= 0.6 is 11.6 Å². The van der Waals surface area contributed by atoms with Crippen LogP contribution in [-0.2, 0) is 10.4 Å². The van der Waals surface area contributed by atoms with Crippen LogP contribution in [0.3, 0.4) is 0 Å². The standard InChI is InChI=1S/C19H22ClN3O2/c20-14-4-16(15-8-21-22-17(15)5-14)19(25)6-12-9-23(10-13(12)7-19)18(24)3-11-1-2-11/h4-5,8,11-13,25H,1-3,6-7,9-10H2,(H,21,22)/t12-,13+,19+. The van der Waals surface area contributed by atoms with E-state index in [1.807, 2.05) is 17.0 Å². The number of aromatic nitrogens is 2. The summed E-state index contributed by atoms with van der Waals surface area (Å²) in [6.07, 6.45) is 6.27. The van der Waals surface area contributed by atoms with Crippen LogP contribution in [0.4, 0.5) is 0 Å². The molecule has 2 saturated carbocycles. The maximum atomic E-state index is 12.4. The molecule has 1 amide bonds. The quantitative estimate of drug-likeness (QED) is 0.884. The van der Waals surface area contributed by atoms with Crippen LogP contribution in [-0.4, -0.2) is 39.2 Å². The average molecular weight is 360 g/mol. The van der Waals surface area contributed by atoms with E-state index in [9.17, 15) is 9.90 Å². The predicted octanol–water partition coefficient (Wildman–Crippen LogP) is 3.07. The van der Waals surface area contributed by atoms with Crippen LogP contribution in [0, 0.1) is 17.8 Å². The van der Waals surface area contributed by atoms with Crippen molar-refractivity contribution < 1.29 is 9.90 Å². The van der Waals surface area contributed by atoms with Gasteiger partial charge < -0.3 is 10.0 Å². The number of amides is 1. The molecule has 132 valence electrons. The molecule has 3 fully saturated rings. The fourth-order valence-electron chi connectivity index (χ4n) is 4.87. The van der Waals surface area contributed by atoms with Crippen molar-refractivity contribution in [2.75, 3.05) is 13.1 Å². The number of carbonyl (C=O) groups is 1. The maximum Gasteiger partial charge on any atom is 0.222 e. The van der Waals surface area contributed by atoms with Crippen LogP contribution in [0.5, 0.6) is 0 Å². The molecule has 0 radical (unpaired) electrons. The second-order valence-corrected chi connectivity index (χ2v) is 8.63. The van der Waals surface area contributed by atoms with Crippen LogP contribution in [0.15, 0.2) is 18.3 Å². The van der Waals surface area contributed by atoms with E-state index < -0.39 is 5.60 Å². The summed E-state index contributed by atoms with van der Waals surface area (Å²) < 4.78 is 0. The first-order chi connectivity index (χ1) is 12.0. The highest BCUT2D eigenvalue weighted by Gasteiger charge is 2.50. The number of benzene rings is 1. The van der Waals surface area contributed by atoms with E-state index >= 15 is 0 Å². The highest BCUT2D eigenvalue weighted by atomic mass is 35.5. The van der Waals surface area contributed by atoms with E-state index in [4.69, 9.17) is 11.6 Å². The SMILES string of the molecule is O=C(CC1CC1)N1C[C@@H]2C[C@](O)(c3cc(Cl)cc4[nH]ncc34)C[C@@H]2C1. The largest absolute Gasteiger partial charge is 0.385 e. The van der Waals surface area contributed by atoms with Crippen molar-refractivity contribution in [3.63, 3.8) is 0 Å². The van der Waals surface area contributed by atoms with Crippen LogP contribution in [0.25, 0.3) is 10.9 Å². The average Bonchev–Trinajstić information content (AvgIpc) is 2.97. The summed E-state index contributed by atoms with van der Waals surface area (Å²) in [5.74, 6) is 1.68. The minimum Gasteiger partial charge on any atom is -0.385 e. The smallest absolute Gasteiger partial charge is 0.222 e. The highest BCUT2D eigenvalue weighted by Crippen LogP contribution is 2.51. The Balaban J connectivity index is 1.37. The Morgan fingerprint density at radius 3 is 2.72 bits per heavy atom. The third-order valence-corrected chi connectivity index (χ3v) is 6.53. The van der Waals surface area contributed by atoms with E-state index in [0.29, 0.717) is 47.9 Å². The lowest BCUT2D eigenvalue weighted by atomic mass is 9.88. The third-order valence-electron chi connectivity index (χ3n) is 6.31. The lowest BCUT2D eigenvalue weighted by Crippen LogP contribution is -2.32. The molecule has 3 aliphatic rings. The Bertz CT molecular complexity index is 830. The molecule has 2 heterocycles. The van der Waals surface area contributed by atoms with Crippen molar-refractivity contribution >= 4 is 28.4 Å². The van der Waals surface area contributed by atoms with Gasteiger partial charge in [0.25, 0.3) is 0 Å². The number of H-pyrrole nitrogens is 1. The zero-order valence-electron chi connectivity index (χ0n) is 14.0. The van der Waals surface area contributed by atoms with Crippen LogP contribution in [0.2, 0.25) is 5.02 Å². The normalized spacial score (nSPS) is 31.7. The predicted molar refractivity (Wildman–Crippen MR) is 95.1 cm³/mol. The zero-order valence-corrected chi connectivity index (χ0v) is 14.8. The molecule has 2 aliphatic carbocycles. The van der Waals surface area contributed by atoms with E-state index in [-0.39, 0.29) is 0 Å². The Morgan fingerprint density at radius 1 is 1.32 bits per heavy atom. The van der Waals surface area contributed by atoms with Crippen molar-refractivity contribution in [2.24, 2.45) is 17.8 Å². The number of nitrogens with one attached hydrogen (secondary N) is 1. The molecule has 1 aromatic carbocycles. The van der Waals surface area contributed by atoms with Crippen molar-refractivity contribution in [3.05, 3.63) is 28.9 Å². The molecular formula is C19H22ClN3O2. The fourth-order valence-corrected chi connectivity index (χ4v) is 5.09. The molecule has 1 aromatic heterocycles. The molecule has 0 bridgehead atoms. The van der Waals surface area contributed by atoms with E-state index in [0.717, 1.165) is 29.6 Å². The number of aliphatic hydroxyl groups is 1. The lowest BCUT2D eigenvalue weighted by molar-refractivity contribution is -0.131. The summed E-state index contributed by atoms with van der Waals surface area (Å²) in [5.41, 5.74) is 0.844. The number of carbonyl (C=O) groups excluding carboxylic acids is 1. The summed E-state index contributed by atoms with van der Waals surface area (Å²) in [4.78, 5) is 14.4.